The summed E-state index contributed by atoms with van der Waals surface area (Å²) in [5.74, 6) is 1.10. The zero-order valence-corrected chi connectivity index (χ0v) is 12.9. The van der Waals surface area contributed by atoms with Gasteiger partial charge >= 0.3 is 0 Å². The summed E-state index contributed by atoms with van der Waals surface area (Å²) in [6.45, 7) is 0.810. The third-order valence-corrected chi connectivity index (χ3v) is 4.76. The molecule has 22 heavy (non-hydrogen) atoms. The van der Waals surface area contributed by atoms with Gasteiger partial charge in [0.05, 0.1) is 17.6 Å². The number of benzene rings is 2. The molecule has 112 valence electrons. The van der Waals surface area contributed by atoms with Crippen LogP contribution >= 0.6 is 0 Å². The van der Waals surface area contributed by atoms with Crippen molar-refractivity contribution < 1.29 is 0 Å². The predicted molar refractivity (Wildman–Crippen MR) is 89.7 cm³/mol. The molecular weight excluding hydrogens is 270 g/mol. The summed E-state index contributed by atoms with van der Waals surface area (Å²) >= 11 is 0. The molecule has 1 aliphatic rings. The Morgan fingerprint density at radius 3 is 2.86 bits per heavy atom. The van der Waals surface area contributed by atoms with Gasteiger partial charge in [0.2, 0.25) is 0 Å². The van der Waals surface area contributed by atoms with Crippen LogP contribution in [0.15, 0.2) is 48.5 Å². The molecule has 1 heterocycles. The maximum Gasteiger partial charge on any atom is 0.123 e. The normalized spacial score (nSPS) is 17.6. The van der Waals surface area contributed by atoms with Gasteiger partial charge in [-0.25, -0.2) is 4.98 Å². The fraction of sp³-hybridized carbons (Fsp3) is 0.316. The first-order valence-electron chi connectivity index (χ1n) is 8.04. The molecule has 3 heteroatoms. The van der Waals surface area contributed by atoms with Crippen LogP contribution in [-0.2, 0) is 20.0 Å². The quantitative estimate of drug-likeness (QED) is 0.796. The molecule has 4 rings (SSSR count). The highest BCUT2D eigenvalue weighted by Gasteiger charge is 2.19. The Morgan fingerprint density at radius 1 is 1.14 bits per heavy atom. The summed E-state index contributed by atoms with van der Waals surface area (Å²) in [4.78, 5) is 4.75. The molecule has 3 aromatic rings. The number of nitrogens with zero attached hydrogens (tertiary/aromatic N) is 2. The Balaban J connectivity index is 1.56. The monoisotopic (exact) mass is 291 g/mol. The van der Waals surface area contributed by atoms with Crippen molar-refractivity contribution in [2.45, 2.75) is 31.8 Å². The van der Waals surface area contributed by atoms with E-state index < -0.39 is 0 Å². The molecule has 1 atom stereocenters. The van der Waals surface area contributed by atoms with Crippen LogP contribution in [0.1, 0.15) is 35.8 Å². The highest BCUT2D eigenvalue weighted by molar-refractivity contribution is 5.75. The van der Waals surface area contributed by atoms with Gasteiger partial charge in [-0.2, -0.15) is 0 Å². The summed E-state index contributed by atoms with van der Waals surface area (Å²) in [7, 11) is 2.10. The van der Waals surface area contributed by atoms with Crippen molar-refractivity contribution in [3.63, 3.8) is 0 Å². The van der Waals surface area contributed by atoms with Gasteiger partial charge in [-0.05, 0) is 42.5 Å². The van der Waals surface area contributed by atoms with E-state index in [-0.39, 0.29) is 0 Å². The van der Waals surface area contributed by atoms with E-state index in [4.69, 9.17) is 4.98 Å². The fourth-order valence-corrected chi connectivity index (χ4v) is 3.53. The lowest BCUT2D eigenvalue weighted by Crippen LogP contribution is -2.26. The molecule has 1 aliphatic carbocycles. The first-order chi connectivity index (χ1) is 10.8. The highest BCUT2D eigenvalue weighted by atomic mass is 15.1. The molecular formula is C19H21N3. The number of rotatable bonds is 3. The van der Waals surface area contributed by atoms with E-state index in [9.17, 15) is 0 Å². The van der Waals surface area contributed by atoms with Crippen LogP contribution in [0.25, 0.3) is 11.0 Å². The first kappa shape index (κ1) is 13.5. The number of hydrogen-bond acceptors (Lipinski definition) is 2. The van der Waals surface area contributed by atoms with Crippen molar-refractivity contribution >= 4 is 11.0 Å². The smallest absolute Gasteiger partial charge is 0.123 e. The topological polar surface area (TPSA) is 29.9 Å². The molecule has 1 aromatic heterocycles. The van der Waals surface area contributed by atoms with Crippen LogP contribution < -0.4 is 5.32 Å². The molecule has 0 spiro atoms. The molecule has 0 amide bonds. The van der Waals surface area contributed by atoms with Crippen molar-refractivity contribution in [2.75, 3.05) is 0 Å². The number of imidazole rings is 1. The average molecular weight is 291 g/mol. The number of aryl methyl sites for hydroxylation is 2. The minimum Gasteiger partial charge on any atom is -0.330 e. The van der Waals surface area contributed by atoms with Crippen LogP contribution in [0, 0.1) is 0 Å². The van der Waals surface area contributed by atoms with Crippen molar-refractivity contribution in [1.29, 1.82) is 0 Å². The molecule has 0 aliphatic heterocycles. The molecule has 0 bridgehead atoms. The van der Waals surface area contributed by atoms with E-state index in [2.05, 4.69) is 59.4 Å². The molecule has 0 fully saturated rings. The molecule has 0 saturated carbocycles. The van der Waals surface area contributed by atoms with Crippen LogP contribution in [0.5, 0.6) is 0 Å². The van der Waals surface area contributed by atoms with E-state index in [0.29, 0.717) is 6.04 Å². The fourth-order valence-electron chi connectivity index (χ4n) is 3.53. The van der Waals surface area contributed by atoms with Crippen molar-refractivity contribution in [3.8, 4) is 0 Å². The molecule has 2 aromatic carbocycles. The SMILES string of the molecule is Cn1c(CNC2CCCc3ccccc32)nc2ccccc21. The highest BCUT2D eigenvalue weighted by Crippen LogP contribution is 2.29. The van der Waals surface area contributed by atoms with Crippen LogP contribution in [0.4, 0.5) is 0 Å². The molecule has 0 saturated heterocycles. The summed E-state index contributed by atoms with van der Waals surface area (Å²) in [5, 5.41) is 3.71. The zero-order valence-electron chi connectivity index (χ0n) is 12.9. The van der Waals surface area contributed by atoms with E-state index in [1.54, 1.807) is 0 Å². The minimum atomic E-state index is 0.449. The largest absolute Gasteiger partial charge is 0.330 e. The Kier molecular flexibility index (Phi) is 3.43. The maximum absolute atomic E-state index is 4.75. The lowest BCUT2D eigenvalue weighted by Gasteiger charge is -2.26. The zero-order chi connectivity index (χ0) is 14.9. The lowest BCUT2D eigenvalue weighted by molar-refractivity contribution is 0.450. The van der Waals surface area contributed by atoms with Crippen LogP contribution in [0.2, 0.25) is 0 Å². The minimum absolute atomic E-state index is 0.449. The number of para-hydroxylation sites is 2. The maximum atomic E-state index is 4.75. The summed E-state index contributed by atoms with van der Waals surface area (Å²) in [6.07, 6.45) is 3.68. The van der Waals surface area contributed by atoms with Crippen molar-refractivity contribution in [3.05, 3.63) is 65.5 Å². The second-order valence-corrected chi connectivity index (χ2v) is 6.10. The van der Waals surface area contributed by atoms with Gasteiger partial charge in [0.25, 0.3) is 0 Å². The molecule has 0 radical (unpaired) electrons. The second-order valence-electron chi connectivity index (χ2n) is 6.10. The third-order valence-electron chi connectivity index (χ3n) is 4.76. The Bertz CT molecular complexity index is 803. The Morgan fingerprint density at radius 2 is 1.95 bits per heavy atom. The Labute approximate surface area is 131 Å². The second kappa shape index (κ2) is 5.58. The van der Waals surface area contributed by atoms with E-state index in [0.717, 1.165) is 17.9 Å². The van der Waals surface area contributed by atoms with Gasteiger partial charge in [0, 0.05) is 13.1 Å². The number of nitrogens with one attached hydrogen (secondary N) is 1. The Hall–Kier alpha value is -2.13. The van der Waals surface area contributed by atoms with Gasteiger partial charge < -0.3 is 9.88 Å². The molecule has 3 nitrogen and oxygen atoms in total. The number of hydrogen-bond donors (Lipinski definition) is 1. The summed E-state index contributed by atoms with van der Waals surface area (Å²) < 4.78 is 2.19. The van der Waals surface area contributed by atoms with Crippen molar-refractivity contribution in [2.24, 2.45) is 7.05 Å². The number of aromatic nitrogens is 2. The van der Waals surface area contributed by atoms with Crippen LogP contribution in [0.3, 0.4) is 0 Å². The third kappa shape index (κ3) is 2.32. The predicted octanol–water partition coefficient (Wildman–Crippen LogP) is 3.74. The van der Waals surface area contributed by atoms with E-state index >= 15 is 0 Å². The summed E-state index contributed by atoms with van der Waals surface area (Å²) in [6, 6.07) is 17.6. The van der Waals surface area contributed by atoms with Crippen LogP contribution in [-0.4, -0.2) is 9.55 Å². The van der Waals surface area contributed by atoms with Gasteiger partial charge in [-0.1, -0.05) is 36.4 Å². The average Bonchev–Trinajstić information content (AvgIpc) is 2.89. The molecule has 1 N–H and O–H groups in total. The van der Waals surface area contributed by atoms with Gasteiger partial charge in [-0.3, -0.25) is 0 Å². The number of fused-ring (bicyclic) bond motifs is 2. The standard InChI is InChI=1S/C19H21N3/c1-22-18-12-5-4-10-17(18)21-19(22)13-20-16-11-6-8-14-7-2-3-9-15(14)16/h2-5,7,9-10,12,16,20H,6,8,11,13H2,1H3. The van der Waals surface area contributed by atoms with Gasteiger partial charge in [0.15, 0.2) is 0 Å². The van der Waals surface area contributed by atoms with Crippen molar-refractivity contribution in [1.82, 2.24) is 14.9 Å². The first-order valence-corrected chi connectivity index (χ1v) is 8.04. The molecule has 1 unspecified atom stereocenters. The van der Waals surface area contributed by atoms with E-state index in [1.165, 1.54) is 35.9 Å². The summed E-state index contributed by atoms with van der Waals surface area (Å²) in [5.41, 5.74) is 5.23. The van der Waals surface area contributed by atoms with Gasteiger partial charge in [-0.15, -0.1) is 0 Å². The van der Waals surface area contributed by atoms with E-state index in [1.807, 2.05) is 6.07 Å². The lowest BCUT2D eigenvalue weighted by atomic mass is 9.88. The van der Waals surface area contributed by atoms with Gasteiger partial charge in [0.1, 0.15) is 5.82 Å².